The molecule has 1 aromatic heterocycles. The van der Waals surface area contributed by atoms with Gasteiger partial charge < -0.3 is 9.64 Å². The molecule has 1 saturated heterocycles. The van der Waals surface area contributed by atoms with Gasteiger partial charge in [0.25, 0.3) is 5.56 Å². The number of esters is 1. The molecular weight excluding hydrogens is 414 g/mol. The summed E-state index contributed by atoms with van der Waals surface area (Å²) in [5.74, 6) is -0.684. The minimum absolute atomic E-state index is 0.119. The molecule has 0 radical (unpaired) electrons. The van der Waals surface area contributed by atoms with Gasteiger partial charge in [-0.1, -0.05) is 12.1 Å². The van der Waals surface area contributed by atoms with Crippen molar-refractivity contribution in [3.63, 3.8) is 0 Å². The van der Waals surface area contributed by atoms with E-state index >= 15 is 0 Å². The number of carbonyl (C=O) groups is 2. The number of likely N-dealkylation sites (tertiary alicyclic amines) is 1. The van der Waals surface area contributed by atoms with Crippen LogP contribution < -0.4 is 14.8 Å². The van der Waals surface area contributed by atoms with Gasteiger partial charge in [0.2, 0.25) is 5.91 Å². The first-order chi connectivity index (χ1) is 14.9. The lowest BCUT2D eigenvalue weighted by molar-refractivity contribution is -0.136. The van der Waals surface area contributed by atoms with Crippen LogP contribution in [0.2, 0.25) is 0 Å². The zero-order valence-corrected chi connectivity index (χ0v) is 18.5. The van der Waals surface area contributed by atoms with Crippen molar-refractivity contribution < 1.29 is 14.3 Å². The first-order valence-corrected chi connectivity index (χ1v) is 11.1. The van der Waals surface area contributed by atoms with Crippen molar-refractivity contribution in [2.75, 3.05) is 13.2 Å². The molecule has 1 fully saturated rings. The lowest BCUT2D eigenvalue weighted by Gasteiger charge is -2.33. The highest BCUT2D eigenvalue weighted by Gasteiger charge is 2.24. The largest absolute Gasteiger partial charge is 0.463 e. The Morgan fingerprint density at radius 3 is 2.68 bits per heavy atom. The van der Waals surface area contributed by atoms with Gasteiger partial charge >= 0.3 is 5.97 Å². The van der Waals surface area contributed by atoms with Crippen molar-refractivity contribution in [3.05, 3.63) is 54.9 Å². The lowest BCUT2D eigenvalue weighted by Crippen LogP contribution is -2.46. The van der Waals surface area contributed by atoms with Crippen LogP contribution in [0, 0.1) is 11.3 Å². The molecule has 31 heavy (non-hydrogen) atoms. The zero-order valence-electron chi connectivity index (χ0n) is 17.7. The molecule has 0 aliphatic carbocycles. The average molecular weight is 440 g/mol. The van der Waals surface area contributed by atoms with Gasteiger partial charge in [0.1, 0.15) is 11.2 Å². The second kappa shape index (κ2) is 10.2. The van der Waals surface area contributed by atoms with Gasteiger partial charge in [0.15, 0.2) is 0 Å². The van der Waals surface area contributed by atoms with E-state index < -0.39 is 5.97 Å². The second-order valence-corrected chi connectivity index (χ2v) is 8.46. The lowest BCUT2D eigenvalue weighted by atomic mass is 10.0. The van der Waals surface area contributed by atoms with Crippen molar-refractivity contribution >= 4 is 35.4 Å². The van der Waals surface area contributed by atoms with Crippen LogP contribution in [0.5, 0.6) is 0 Å². The number of piperidine rings is 1. The van der Waals surface area contributed by atoms with Gasteiger partial charge in [-0.25, -0.2) is 4.79 Å². The molecule has 8 heteroatoms. The Labute approximate surface area is 184 Å². The van der Waals surface area contributed by atoms with Crippen LogP contribution in [0.1, 0.15) is 44.2 Å². The maximum atomic E-state index is 13.1. The van der Waals surface area contributed by atoms with E-state index in [9.17, 15) is 14.4 Å². The third kappa shape index (κ3) is 5.50. The Bertz CT molecular complexity index is 1170. The number of hydrogen-bond donors (Lipinski definition) is 0. The van der Waals surface area contributed by atoms with Crippen LogP contribution in [0.3, 0.4) is 0 Å². The number of ether oxygens (including phenoxy) is 1. The highest BCUT2D eigenvalue weighted by atomic mass is 32.1. The molecule has 2 aromatic rings. The Morgan fingerprint density at radius 1 is 1.29 bits per heavy atom. The van der Waals surface area contributed by atoms with Gasteiger partial charge in [-0.3, -0.25) is 14.2 Å². The topological polar surface area (TPSA) is 92.4 Å². The SMILES string of the molecule is CCOC(=O)/C=c1\s/c(=C\c2ccc(C#N)cc2)c(=O)n1CC(=O)N1CCCCC1C. The van der Waals surface area contributed by atoms with Crippen LogP contribution in [-0.4, -0.2) is 40.5 Å². The van der Waals surface area contributed by atoms with Crippen molar-refractivity contribution in [2.24, 2.45) is 0 Å². The van der Waals surface area contributed by atoms with E-state index in [4.69, 9.17) is 10.00 Å². The number of rotatable bonds is 5. The highest BCUT2D eigenvalue weighted by molar-refractivity contribution is 7.07. The van der Waals surface area contributed by atoms with Crippen LogP contribution in [0.15, 0.2) is 29.1 Å². The van der Waals surface area contributed by atoms with E-state index in [-0.39, 0.29) is 30.7 Å². The molecule has 162 valence electrons. The minimum atomic E-state index is -0.554. The maximum Gasteiger partial charge on any atom is 0.333 e. The van der Waals surface area contributed by atoms with E-state index in [0.29, 0.717) is 21.3 Å². The van der Waals surface area contributed by atoms with Gasteiger partial charge in [0.05, 0.1) is 28.8 Å². The third-order valence-electron chi connectivity index (χ3n) is 5.22. The Hall–Kier alpha value is -3.18. The summed E-state index contributed by atoms with van der Waals surface area (Å²) in [4.78, 5) is 39.9. The maximum absolute atomic E-state index is 13.1. The van der Waals surface area contributed by atoms with Crippen LogP contribution >= 0.6 is 11.3 Å². The van der Waals surface area contributed by atoms with E-state index in [1.165, 1.54) is 10.6 Å². The number of aromatic nitrogens is 1. The molecule has 1 aliphatic rings. The first kappa shape index (κ1) is 22.5. The number of carbonyl (C=O) groups excluding carboxylic acids is 2. The molecular formula is C23H25N3O4S. The van der Waals surface area contributed by atoms with Crippen LogP contribution in [-0.2, 0) is 20.9 Å². The molecule has 3 rings (SSSR count). The van der Waals surface area contributed by atoms with Crippen molar-refractivity contribution in [3.8, 4) is 6.07 Å². The third-order valence-corrected chi connectivity index (χ3v) is 6.28. The summed E-state index contributed by atoms with van der Waals surface area (Å²) in [6.45, 7) is 4.51. The van der Waals surface area contributed by atoms with E-state index in [1.807, 2.05) is 11.8 Å². The predicted molar refractivity (Wildman–Crippen MR) is 119 cm³/mol. The molecule has 1 amide bonds. The number of nitriles is 1. The minimum Gasteiger partial charge on any atom is -0.463 e. The van der Waals surface area contributed by atoms with E-state index in [2.05, 4.69) is 6.07 Å². The van der Waals surface area contributed by atoms with Gasteiger partial charge in [-0.15, -0.1) is 11.3 Å². The summed E-state index contributed by atoms with van der Waals surface area (Å²) >= 11 is 1.14. The zero-order chi connectivity index (χ0) is 22.4. The summed E-state index contributed by atoms with van der Waals surface area (Å²) in [6, 6.07) is 9.03. The number of amides is 1. The second-order valence-electron chi connectivity index (χ2n) is 7.40. The predicted octanol–water partition coefficient (Wildman–Crippen LogP) is 1.35. The molecule has 1 atom stereocenters. The molecule has 1 aliphatic heterocycles. The van der Waals surface area contributed by atoms with Crippen molar-refractivity contribution in [2.45, 2.75) is 45.7 Å². The van der Waals surface area contributed by atoms with Crippen molar-refractivity contribution in [1.29, 1.82) is 5.26 Å². The fourth-order valence-electron chi connectivity index (χ4n) is 3.58. The smallest absolute Gasteiger partial charge is 0.333 e. The molecule has 0 N–H and O–H groups in total. The number of thiazole rings is 1. The summed E-state index contributed by atoms with van der Waals surface area (Å²) in [5, 5.41) is 8.94. The Balaban J connectivity index is 2.02. The fraction of sp³-hybridized carbons (Fsp3) is 0.391. The molecule has 1 unspecified atom stereocenters. The molecule has 7 nitrogen and oxygen atoms in total. The van der Waals surface area contributed by atoms with Crippen molar-refractivity contribution in [1.82, 2.24) is 9.47 Å². The summed E-state index contributed by atoms with van der Waals surface area (Å²) in [5.41, 5.74) is 0.949. The summed E-state index contributed by atoms with van der Waals surface area (Å²) in [6.07, 6.45) is 5.95. The molecule has 0 saturated carbocycles. The van der Waals surface area contributed by atoms with Crippen LogP contribution in [0.4, 0.5) is 0 Å². The van der Waals surface area contributed by atoms with E-state index in [0.717, 1.165) is 36.2 Å². The van der Waals surface area contributed by atoms with Gasteiger partial charge in [-0.05, 0) is 56.9 Å². The number of benzene rings is 1. The summed E-state index contributed by atoms with van der Waals surface area (Å²) in [7, 11) is 0. The monoisotopic (exact) mass is 439 g/mol. The number of nitrogens with zero attached hydrogens (tertiary/aromatic N) is 3. The van der Waals surface area contributed by atoms with E-state index in [1.54, 1.807) is 37.3 Å². The molecule has 0 spiro atoms. The Morgan fingerprint density at radius 2 is 2.03 bits per heavy atom. The number of hydrogen-bond acceptors (Lipinski definition) is 6. The van der Waals surface area contributed by atoms with Gasteiger partial charge in [0, 0.05) is 12.6 Å². The highest BCUT2D eigenvalue weighted by Crippen LogP contribution is 2.16. The molecule has 0 bridgehead atoms. The standard InChI is InChI=1S/C23H25N3O4S/c1-3-30-22(28)13-21-26(15-20(27)25-11-5-4-6-16(25)2)23(29)19(31-21)12-17-7-9-18(14-24)10-8-17/h7-10,12-13,16H,3-6,11,15H2,1-2H3/b19-12-,21-13-. The van der Waals surface area contributed by atoms with Gasteiger partial charge in [-0.2, -0.15) is 5.26 Å². The average Bonchev–Trinajstić information content (AvgIpc) is 3.03. The summed E-state index contributed by atoms with van der Waals surface area (Å²) < 4.78 is 7.12. The van der Waals surface area contributed by atoms with Crippen LogP contribution in [0.25, 0.3) is 12.2 Å². The normalized spacial score (nSPS) is 17.5. The molecule has 2 heterocycles. The Kier molecular flexibility index (Phi) is 7.42. The first-order valence-electron chi connectivity index (χ1n) is 10.3. The quantitative estimate of drug-likeness (QED) is 0.656. The fourth-order valence-corrected chi connectivity index (χ4v) is 4.61. The molecule has 1 aromatic carbocycles.